The molecule has 0 aromatic heterocycles. The van der Waals surface area contributed by atoms with E-state index in [1.807, 2.05) is 30.3 Å². The maximum Gasteiger partial charge on any atom is 0.243 e. The lowest BCUT2D eigenvalue weighted by atomic mass is 10.2. The van der Waals surface area contributed by atoms with E-state index in [1.165, 1.54) is 5.48 Å². The van der Waals surface area contributed by atoms with Crippen molar-refractivity contribution in [1.82, 2.24) is 10.8 Å². The monoisotopic (exact) mass is 294 g/mol. The van der Waals surface area contributed by atoms with Crippen LogP contribution in [0.15, 0.2) is 30.3 Å². The van der Waals surface area contributed by atoms with Gasteiger partial charge in [0.05, 0.1) is 6.61 Å². The number of carbonyl (C=O) groups is 2. The Kier molecular flexibility index (Phi) is 8.83. The molecule has 0 bridgehead atoms. The van der Waals surface area contributed by atoms with Crippen LogP contribution < -0.4 is 10.8 Å². The fourth-order valence-electron chi connectivity index (χ4n) is 1.69. The maximum absolute atomic E-state index is 11.3. The molecule has 0 aliphatic carbocycles. The molecular formula is C15H22N2O4. The van der Waals surface area contributed by atoms with Gasteiger partial charge in [-0.25, -0.2) is 5.48 Å². The van der Waals surface area contributed by atoms with Gasteiger partial charge in [0.1, 0.15) is 0 Å². The fourth-order valence-corrected chi connectivity index (χ4v) is 1.69. The molecule has 0 fully saturated rings. The van der Waals surface area contributed by atoms with Crippen molar-refractivity contribution in [3.8, 4) is 0 Å². The minimum atomic E-state index is -0.556. The normalized spacial score (nSPS) is 10.1. The van der Waals surface area contributed by atoms with Crippen LogP contribution in [-0.2, 0) is 20.9 Å². The van der Waals surface area contributed by atoms with Crippen LogP contribution in [0.3, 0.4) is 0 Å². The first-order valence-corrected chi connectivity index (χ1v) is 7.03. The first kappa shape index (κ1) is 17.1. The molecule has 1 rings (SSSR count). The van der Waals surface area contributed by atoms with Crippen molar-refractivity contribution in [2.75, 3.05) is 13.2 Å². The third kappa shape index (κ3) is 8.78. The third-order valence-corrected chi connectivity index (χ3v) is 2.85. The Bertz CT molecular complexity index is 423. The number of hydrogen-bond donors (Lipinski definition) is 3. The topological polar surface area (TPSA) is 87.7 Å². The van der Waals surface area contributed by atoms with E-state index >= 15 is 0 Å². The molecule has 21 heavy (non-hydrogen) atoms. The molecule has 1 aromatic carbocycles. The van der Waals surface area contributed by atoms with E-state index in [2.05, 4.69) is 5.32 Å². The number of unbranched alkanes of at least 4 members (excludes halogenated alkanes) is 1. The van der Waals surface area contributed by atoms with Crippen LogP contribution in [0.4, 0.5) is 0 Å². The Morgan fingerprint density at radius 3 is 2.48 bits per heavy atom. The number of hydrogen-bond acceptors (Lipinski definition) is 4. The predicted octanol–water partition coefficient (Wildman–Crippen LogP) is 1.39. The van der Waals surface area contributed by atoms with Crippen molar-refractivity contribution >= 4 is 11.8 Å². The highest BCUT2D eigenvalue weighted by Crippen LogP contribution is 2.01. The number of carbonyl (C=O) groups excluding carboxylic acids is 2. The second-order valence-electron chi connectivity index (χ2n) is 4.63. The lowest BCUT2D eigenvalue weighted by Crippen LogP contribution is -2.27. The predicted molar refractivity (Wildman–Crippen MR) is 77.5 cm³/mol. The van der Waals surface area contributed by atoms with Crippen molar-refractivity contribution in [2.45, 2.75) is 32.3 Å². The highest BCUT2D eigenvalue weighted by Gasteiger charge is 2.04. The highest BCUT2D eigenvalue weighted by atomic mass is 16.5. The van der Waals surface area contributed by atoms with Crippen LogP contribution in [0.5, 0.6) is 0 Å². The van der Waals surface area contributed by atoms with Gasteiger partial charge in [-0.05, 0) is 18.4 Å². The Morgan fingerprint density at radius 1 is 1.05 bits per heavy atom. The van der Waals surface area contributed by atoms with E-state index < -0.39 is 5.91 Å². The van der Waals surface area contributed by atoms with E-state index in [-0.39, 0.29) is 18.7 Å². The number of benzene rings is 1. The largest absolute Gasteiger partial charge is 0.377 e. The molecule has 6 nitrogen and oxygen atoms in total. The smallest absolute Gasteiger partial charge is 0.243 e. The zero-order valence-electron chi connectivity index (χ0n) is 12.0. The number of nitrogens with one attached hydrogen (secondary N) is 2. The molecule has 116 valence electrons. The summed E-state index contributed by atoms with van der Waals surface area (Å²) in [5, 5.41) is 11.0. The zero-order valence-corrected chi connectivity index (χ0v) is 12.0. The fraction of sp³-hybridized carbons (Fsp3) is 0.467. The summed E-state index contributed by atoms with van der Waals surface area (Å²) in [6.45, 7) is 1.81. The Labute approximate surface area is 124 Å². The molecule has 0 unspecified atom stereocenters. The van der Waals surface area contributed by atoms with Gasteiger partial charge >= 0.3 is 0 Å². The van der Waals surface area contributed by atoms with Gasteiger partial charge in [-0.3, -0.25) is 14.8 Å². The summed E-state index contributed by atoms with van der Waals surface area (Å²) in [6.07, 6.45) is 1.76. The number of rotatable bonds is 10. The molecule has 0 saturated carbocycles. The Hall–Kier alpha value is -1.92. The van der Waals surface area contributed by atoms with Crippen molar-refractivity contribution < 1.29 is 19.5 Å². The van der Waals surface area contributed by atoms with E-state index in [9.17, 15) is 9.59 Å². The van der Waals surface area contributed by atoms with Gasteiger partial charge in [0, 0.05) is 26.0 Å². The van der Waals surface area contributed by atoms with Gasteiger partial charge in [0.2, 0.25) is 11.8 Å². The highest BCUT2D eigenvalue weighted by molar-refractivity contribution is 5.83. The number of hydroxylamine groups is 1. The minimum Gasteiger partial charge on any atom is -0.377 e. The molecule has 0 radical (unpaired) electrons. The molecule has 0 atom stereocenters. The van der Waals surface area contributed by atoms with Gasteiger partial charge in [-0.15, -0.1) is 0 Å². The summed E-state index contributed by atoms with van der Waals surface area (Å²) >= 11 is 0. The second kappa shape index (κ2) is 10.8. The van der Waals surface area contributed by atoms with Gasteiger partial charge in [-0.2, -0.15) is 0 Å². The molecular weight excluding hydrogens is 272 g/mol. The SMILES string of the molecule is O=C(CCC(=O)NCCCCOCc1ccccc1)NO. The third-order valence-electron chi connectivity index (χ3n) is 2.85. The van der Waals surface area contributed by atoms with Crippen molar-refractivity contribution in [3.63, 3.8) is 0 Å². The van der Waals surface area contributed by atoms with E-state index in [4.69, 9.17) is 9.94 Å². The molecule has 0 heterocycles. The van der Waals surface area contributed by atoms with Gasteiger partial charge in [-0.1, -0.05) is 30.3 Å². The summed E-state index contributed by atoms with van der Waals surface area (Å²) < 4.78 is 5.53. The van der Waals surface area contributed by atoms with Gasteiger partial charge in [0.15, 0.2) is 0 Å². The van der Waals surface area contributed by atoms with Gasteiger partial charge < -0.3 is 10.1 Å². The average molecular weight is 294 g/mol. The molecule has 0 aliphatic rings. The van der Waals surface area contributed by atoms with Crippen LogP contribution in [0.1, 0.15) is 31.2 Å². The number of ether oxygens (including phenoxy) is 1. The van der Waals surface area contributed by atoms with E-state index in [0.29, 0.717) is 19.8 Å². The van der Waals surface area contributed by atoms with Gasteiger partial charge in [0.25, 0.3) is 0 Å². The molecule has 2 amide bonds. The van der Waals surface area contributed by atoms with Crippen LogP contribution >= 0.6 is 0 Å². The van der Waals surface area contributed by atoms with Crippen molar-refractivity contribution in [3.05, 3.63) is 35.9 Å². The Balaban J connectivity index is 1.92. The first-order valence-electron chi connectivity index (χ1n) is 7.03. The lowest BCUT2D eigenvalue weighted by molar-refractivity contribution is -0.131. The average Bonchev–Trinajstić information content (AvgIpc) is 2.52. The van der Waals surface area contributed by atoms with Crippen LogP contribution in [0.25, 0.3) is 0 Å². The van der Waals surface area contributed by atoms with Crippen molar-refractivity contribution in [2.24, 2.45) is 0 Å². The maximum atomic E-state index is 11.3. The molecule has 6 heteroatoms. The van der Waals surface area contributed by atoms with Crippen LogP contribution in [-0.4, -0.2) is 30.2 Å². The molecule has 0 spiro atoms. The summed E-state index contributed by atoms with van der Waals surface area (Å²) in [7, 11) is 0. The quantitative estimate of drug-likeness (QED) is 0.346. The van der Waals surface area contributed by atoms with E-state index in [1.54, 1.807) is 0 Å². The standard InChI is InChI=1S/C15H22N2O4/c18-14(8-9-15(19)17-20)16-10-4-5-11-21-12-13-6-2-1-3-7-13/h1-3,6-7,20H,4-5,8-12H2,(H,16,18)(H,17,19). The molecule has 0 aliphatic heterocycles. The summed E-state index contributed by atoms with van der Waals surface area (Å²) in [4.78, 5) is 22.1. The molecule has 3 N–H and O–H groups in total. The summed E-state index contributed by atoms with van der Waals surface area (Å²) in [5.41, 5.74) is 2.64. The molecule has 0 saturated heterocycles. The second-order valence-corrected chi connectivity index (χ2v) is 4.63. The summed E-state index contributed by atoms with van der Waals surface area (Å²) in [5.74, 6) is -0.747. The molecule has 1 aromatic rings. The van der Waals surface area contributed by atoms with Crippen molar-refractivity contribution in [1.29, 1.82) is 0 Å². The Morgan fingerprint density at radius 2 is 1.76 bits per heavy atom. The lowest BCUT2D eigenvalue weighted by Gasteiger charge is -2.06. The van der Waals surface area contributed by atoms with Crippen LogP contribution in [0, 0.1) is 0 Å². The van der Waals surface area contributed by atoms with E-state index in [0.717, 1.165) is 18.4 Å². The first-order chi connectivity index (χ1) is 10.2. The minimum absolute atomic E-state index is 0.0114. The van der Waals surface area contributed by atoms with Crippen LogP contribution in [0.2, 0.25) is 0 Å². The zero-order chi connectivity index (χ0) is 15.3. The number of amides is 2. The summed E-state index contributed by atoms with van der Waals surface area (Å²) in [6, 6.07) is 9.96.